The highest BCUT2D eigenvalue weighted by Gasteiger charge is 2.33. The Morgan fingerprint density at radius 3 is 2.22 bits per heavy atom. The number of allylic oxidation sites excluding steroid dienone is 2. The van der Waals surface area contributed by atoms with Gasteiger partial charge in [-0.1, -0.05) is 138 Å². The standard InChI is InChI=1S/C41H50ClN7OS/c1-6-10-13-17-30(9-4)27-48(26-29(8-3)16-11-7-2)41-46-37(32-20-22-33(42)23-21-32)39(51-41)45-36-28(5)34(25-43)40(50)49-38(36)44-35(47-49)24-31-18-14-12-15-19-31/h12,14-15,18-23,29-30H,6-11,13,16-17,24,26-27H2,1-5H3/b45-36-. The predicted molar refractivity (Wildman–Crippen MR) is 210 cm³/mol. The van der Waals surface area contributed by atoms with Crippen molar-refractivity contribution in [2.45, 2.75) is 98.8 Å². The summed E-state index contributed by atoms with van der Waals surface area (Å²) in [7, 11) is 0. The van der Waals surface area contributed by atoms with Gasteiger partial charge in [0.1, 0.15) is 28.0 Å². The molecule has 51 heavy (non-hydrogen) atoms. The van der Waals surface area contributed by atoms with Gasteiger partial charge in [0.15, 0.2) is 16.8 Å². The molecule has 10 heteroatoms. The van der Waals surface area contributed by atoms with Crippen LogP contribution in [0.15, 0.2) is 70.7 Å². The fraction of sp³-hybridized carbons (Fsp3) is 0.463. The van der Waals surface area contributed by atoms with E-state index in [0.29, 0.717) is 51.2 Å². The van der Waals surface area contributed by atoms with Crippen molar-refractivity contribution in [1.29, 1.82) is 5.26 Å². The van der Waals surface area contributed by atoms with E-state index in [2.05, 4.69) is 43.8 Å². The Labute approximate surface area is 312 Å². The van der Waals surface area contributed by atoms with Crippen LogP contribution in [0, 0.1) is 23.2 Å². The molecule has 3 heterocycles. The summed E-state index contributed by atoms with van der Waals surface area (Å²) in [4.78, 5) is 31.4. The summed E-state index contributed by atoms with van der Waals surface area (Å²) in [6, 6.07) is 19.7. The molecule has 2 unspecified atom stereocenters. The molecule has 0 aliphatic carbocycles. The van der Waals surface area contributed by atoms with Crippen molar-refractivity contribution in [3.8, 4) is 17.3 Å². The molecule has 2 atom stereocenters. The van der Waals surface area contributed by atoms with Crippen LogP contribution in [0.25, 0.3) is 11.3 Å². The summed E-state index contributed by atoms with van der Waals surface area (Å²) in [5.41, 5.74) is 3.61. The summed E-state index contributed by atoms with van der Waals surface area (Å²) in [5.74, 6) is 1.46. The number of rotatable bonds is 18. The van der Waals surface area contributed by atoms with Crippen molar-refractivity contribution in [3.05, 3.63) is 88.0 Å². The molecule has 1 aliphatic heterocycles. The van der Waals surface area contributed by atoms with Gasteiger partial charge >= 0.3 is 0 Å². The molecule has 0 bridgehead atoms. The van der Waals surface area contributed by atoms with E-state index in [1.54, 1.807) is 18.3 Å². The van der Waals surface area contributed by atoms with Crippen LogP contribution >= 0.6 is 22.9 Å². The first-order chi connectivity index (χ1) is 24.8. The van der Waals surface area contributed by atoms with Crippen molar-refractivity contribution in [2.75, 3.05) is 18.0 Å². The maximum Gasteiger partial charge on any atom is 0.291 e. The molecular weight excluding hydrogens is 674 g/mol. The van der Waals surface area contributed by atoms with Crippen LogP contribution in [0.3, 0.4) is 0 Å². The maximum atomic E-state index is 13.5. The molecule has 0 fully saturated rings. The van der Waals surface area contributed by atoms with Crippen LogP contribution in [0.1, 0.15) is 114 Å². The van der Waals surface area contributed by atoms with E-state index >= 15 is 0 Å². The lowest BCUT2D eigenvalue weighted by Gasteiger charge is -2.30. The number of benzene rings is 2. The van der Waals surface area contributed by atoms with Gasteiger partial charge in [0.25, 0.3) is 5.91 Å². The second-order valence-electron chi connectivity index (χ2n) is 13.6. The largest absolute Gasteiger partial charge is 0.347 e. The summed E-state index contributed by atoms with van der Waals surface area (Å²) >= 11 is 7.89. The van der Waals surface area contributed by atoms with Crippen molar-refractivity contribution < 1.29 is 4.79 Å². The quantitative estimate of drug-likeness (QED) is 0.0947. The zero-order valence-electron chi connectivity index (χ0n) is 30.7. The zero-order chi connectivity index (χ0) is 36.3. The van der Waals surface area contributed by atoms with E-state index in [0.717, 1.165) is 47.9 Å². The number of hydrogen-bond donors (Lipinski definition) is 0. The van der Waals surface area contributed by atoms with Crippen molar-refractivity contribution in [3.63, 3.8) is 0 Å². The number of fused-ring (bicyclic) bond motifs is 1. The van der Waals surface area contributed by atoms with Crippen molar-refractivity contribution in [2.24, 2.45) is 16.8 Å². The van der Waals surface area contributed by atoms with E-state index in [-0.39, 0.29) is 5.57 Å². The highest BCUT2D eigenvalue weighted by Crippen LogP contribution is 2.42. The molecule has 4 aromatic rings. The van der Waals surface area contributed by atoms with E-state index in [4.69, 9.17) is 26.6 Å². The number of unbranched alkanes of at least 4 members (excludes halogenated alkanes) is 3. The minimum absolute atomic E-state index is 0.0106. The van der Waals surface area contributed by atoms with E-state index < -0.39 is 5.91 Å². The fourth-order valence-electron chi connectivity index (χ4n) is 6.61. The van der Waals surface area contributed by atoms with Crippen LogP contribution < -0.4 is 4.90 Å². The van der Waals surface area contributed by atoms with Crippen LogP contribution in [0.4, 0.5) is 10.1 Å². The van der Waals surface area contributed by atoms with Gasteiger partial charge in [0, 0.05) is 35.7 Å². The lowest BCUT2D eigenvalue weighted by atomic mass is 9.95. The van der Waals surface area contributed by atoms with E-state index in [9.17, 15) is 10.1 Å². The molecule has 0 saturated carbocycles. The number of carbonyl (C=O) groups excluding carboxylic acids is 1. The van der Waals surface area contributed by atoms with Gasteiger partial charge in [-0.3, -0.25) is 4.79 Å². The van der Waals surface area contributed by atoms with Crippen LogP contribution in [-0.4, -0.2) is 44.5 Å². The number of thiazole rings is 1. The molecular formula is C41H50ClN7OS. The van der Waals surface area contributed by atoms with E-state index in [1.807, 2.05) is 54.6 Å². The van der Waals surface area contributed by atoms with Gasteiger partial charge in [0.05, 0.1) is 0 Å². The molecule has 0 amide bonds. The molecule has 0 radical (unpaired) electrons. The normalized spacial score (nSPS) is 14.8. The SMILES string of the molecule is CCCCCC(CC)CN(CC(CC)CCCC)c1nc(-c2ccc(Cl)cc2)c(/N=C2/C(C)=C(C#N)C(=O)n3nc(Cc4ccccc4)nc32)s1. The van der Waals surface area contributed by atoms with Gasteiger partial charge in [-0.25, -0.2) is 15.0 Å². The number of halogens is 1. The fourth-order valence-corrected chi connectivity index (χ4v) is 7.72. The summed E-state index contributed by atoms with van der Waals surface area (Å²) < 4.78 is 1.24. The Morgan fingerprint density at radius 2 is 1.59 bits per heavy atom. The Hall–Kier alpha value is -4.13. The Bertz CT molecular complexity index is 1870. The second kappa shape index (κ2) is 18.4. The third-order valence-corrected chi connectivity index (χ3v) is 11.1. The average molecular weight is 724 g/mol. The number of nitrogens with zero attached hydrogens (tertiary/aromatic N) is 7. The van der Waals surface area contributed by atoms with E-state index in [1.165, 1.54) is 49.6 Å². The predicted octanol–water partition coefficient (Wildman–Crippen LogP) is 10.9. The zero-order valence-corrected chi connectivity index (χ0v) is 32.2. The molecule has 1 aliphatic rings. The lowest BCUT2D eigenvalue weighted by molar-refractivity contribution is 0.0941. The average Bonchev–Trinajstić information content (AvgIpc) is 3.76. The Morgan fingerprint density at radius 1 is 0.922 bits per heavy atom. The van der Waals surface area contributed by atoms with Crippen LogP contribution in [-0.2, 0) is 6.42 Å². The first-order valence-electron chi connectivity index (χ1n) is 18.6. The van der Waals surface area contributed by atoms with Crippen LogP contribution in [0.5, 0.6) is 0 Å². The topological polar surface area (TPSA) is 100 Å². The second-order valence-corrected chi connectivity index (χ2v) is 14.9. The number of nitriles is 1. The number of hydrogen-bond acceptors (Lipinski definition) is 8. The number of aliphatic imine (C=N–C) groups is 1. The summed E-state index contributed by atoms with van der Waals surface area (Å²) in [5, 5.41) is 16.9. The molecule has 5 rings (SSSR count). The molecule has 0 N–H and O–H groups in total. The minimum atomic E-state index is -0.490. The number of anilines is 1. The minimum Gasteiger partial charge on any atom is -0.347 e. The molecule has 2 aromatic carbocycles. The molecule has 0 saturated heterocycles. The molecule has 2 aromatic heterocycles. The van der Waals surface area contributed by atoms with Gasteiger partial charge in [-0.05, 0) is 49.3 Å². The van der Waals surface area contributed by atoms with Gasteiger partial charge in [0.2, 0.25) is 0 Å². The smallest absolute Gasteiger partial charge is 0.291 e. The lowest BCUT2D eigenvalue weighted by Crippen LogP contribution is -2.34. The molecule has 0 spiro atoms. The van der Waals surface area contributed by atoms with Crippen molar-refractivity contribution >= 4 is 44.7 Å². The molecule has 268 valence electrons. The first-order valence-corrected chi connectivity index (χ1v) is 19.8. The first kappa shape index (κ1) is 38.1. The van der Waals surface area contributed by atoms with Crippen molar-refractivity contribution in [1.82, 2.24) is 19.7 Å². The summed E-state index contributed by atoms with van der Waals surface area (Å²) in [6.45, 7) is 12.8. The monoisotopic (exact) mass is 723 g/mol. The third kappa shape index (κ3) is 9.41. The van der Waals surface area contributed by atoms with Gasteiger partial charge in [-0.15, -0.1) is 5.10 Å². The molecule has 8 nitrogen and oxygen atoms in total. The van der Waals surface area contributed by atoms with Gasteiger partial charge < -0.3 is 4.90 Å². The summed E-state index contributed by atoms with van der Waals surface area (Å²) in [6.07, 6.45) is 11.2. The highest BCUT2D eigenvalue weighted by molar-refractivity contribution is 7.19. The Kier molecular flexibility index (Phi) is 13.7. The third-order valence-electron chi connectivity index (χ3n) is 9.81. The number of aromatic nitrogens is 4. The van der Waals surface area contributed by atoms with Gasteiger partial charge in [-0.2, -0.15) is 9.94 Å². The highest BCUT2D eigenvalue weighted by atomic mass is 35.5. The van der Waals surface area contributed by atoms with Crippen LogP contribution in [0.2, 0.25) is 5.02 Å². The number of carbonyl (C=O) groups is 1. The maximum absolute atomic E-state index is 13.5. The Balaban J connectivity index is 1.63.